The van der Waals surface area contributed by atoms with E-state index in [9.17, 15) is 5.11 Å². The van der Waals surface area contributed by atoms with Crippen molar-refractivity contribution in [2.24, 2.45) is 11.8 Å². The van der Waals surface area contributed by atoms with E-state index in [0.29, 0.717) is 0 Å². The Kier molecular flexibility index (Phi) is 10.7. The molecule has 0 aliphatic rings. The molecule has 0 aliphatic heterocycles. The van der Waals surface area contributed by atoms with Crippen molar-refractivity contribution in [2.45, 2.75) is 53.5 Å². The van der Waals surface area contributed by atoms with Gasteiger partial charge in [0.15, 0.2) is 0 Å². The Morgan fingerprint density at radius 2 is 1.50 bits per heavy atom. The van der Waals surface area contributed by atoms with Gasteiger partial charge in [0.2, 0.25) is 0 Å². The summed E-state index contributed by atoms with van der Waals surface area (Å²) in [5.74, 6) is 1.50. The maximum absolute atomic E-state index is 9.37. The van der Waals surface area contributed by atoms with Crippen molar-refractivity contribution in [3.05, 3.63) is 0 Å². The number of rotatable bonds is 11. The minimum Gasteiger partial charge on any atom is -0.395 e. The quantitative estimate of drug-likeness (QED) is 0.597. The summed E-state index contributed by atoms with van der Waals surface area (Å²) in [6, 6.07) is 0.217. The molecular weight excluding hydrogens is 224 g/mol. The van der Waals surface area contributed by atoms with E-state index in [-0.39, 0.29) is 12.6 Å². The monoisotopic (exact) mass is 258 g/mol. The van der Waals surface area contributed by atoms with Crippen molar-refractivity contribution in [1.29, 1.82) is 0 Å². The second-order valence-electron chi connectivity index (χ2n) is 6.10. The van der Waals surface area contributed by atoms with Crippen LogP contribution in [0.3, 0.4) is 0 Å². The first-order valence-electron chi connectivity index (χ1n) is 7.56. The van der Waals surface area contributed by atoms with Gasteiger partial charge in [0.1, 0.15) is 0 Å². The number of likely N-dealkylation sites (N-methyl/N-ethyl adjacent to an activating group) is 1. The summed E-state index contributed by atoms with van der Waals surface area (Å²) in [5.41, 5.74) is 0. The van der Waals surface area contributed by atoms with E-state index < -0.39 is 0 Å². The molecule has 0 heterocycles. The van der Waals surface area contributed by atoms with E-state index in [1.54, 1.807) is 0 Å². The fourth-order valence-corrected chi connectivity index (χ4v) is 1.96. The molecule has 0 bridgehead atoms. The molecular formula is C15H34N2O. The Bertz CT molecular complexity index is 171. The molecule has 0 radical (unpaired) electrons. The first kappa shape index (κ1) is 17.9. The van der Waals surface area contributed by atoms with E-state index >= 15 is 0 Å². The lowest BCUT2D eigenvalue weighted by molar-refractivity contribution is 0.172. The standard InChI is InChI=1S/C15H34N2O/c1-6-16-15(12-18)11-17(9-7-13(2)3)10-8-14(4)5/h13-16,18H,6-12H2,1-5H3. The zero-order chi connectivity index (χ0) is 14.0. The lowest BCUT2D eigenvalue weighted by Crippen LogP contribution is -2.44. The van der Waals surface area contributed by atoms with Gasteiger partial charge in [-0.1, -0.05) is 34.6 Å². The van der Waals surface area contributed by atoms with E-state index in [0.717, 1.165) is 38.0 Å². The van der Waals surface area contributed by atoms with Gasteiger partial charge < -0.3 is 15.3 Å². The number of hydrogen-bond acceptors (Lipinski definition) is 3. The molecule has 2 N–H and O–H groups in total. The molecule has 0 aromatic rings. The summed E-state index contributed by atoms with van der Waals surface area (Å²) >= 11 is 0. The predicted octanol–water partition coefficient (Wildman–Crippen LogP) is 2.35. The molecule has 1 atom stereocenters. The zero-order valence-electron chi connectivity index (χ0n) is 13.1. The fourth-order valence-electron chi connectivity index (χ4n) is 1.96. The van der Waals surface area contributed by atoms with E-state index in [2.05, 4.69) is 44.8 Å². The minimum absolute atomic E-state index is 0.217. The van der Waals surface area contributed by atoms with E-state index in [4.69, 9.17) is 0 Å². The van der Waals surface area contributed by atoms with Crippen LogP contribution in [0.25, 0.3) is 0 Å². The molecule has 0 aromatic heterocycles. The lowest BCUT2D eigenvalue weighted by atomic mass is 10.1. The van der Waals surface area contributed by atoms with E-state index in [1.807, 2.05) is 0 Å². The van der Waals surface area contributed by atoms with Gasteiger partial charge in [-0.25, -0.2) is 0 Å². The van der Waals surface area contributed by atoms with Crippen LogP contribution in [0.4, 0.5) is 0 Å². The topological polar surface area (TPSA) is 35.5 Å². The van der Waals surface area contributed by atoms with Gasteiger partial charge in [0.25, 0.3) is 0 Å². The zero-order valence-corrected chi connectivity index (χ0v) is 13.1. The number of nitrogens with one attached hydrogen (secondary N) is 1. The number of hydrogen-bond donors (Lipinski definition) is 2. The number of aliphatic hydroxyl groups excluding tert-OH is 1. The second-order valence-corrected chi connectivity index (χ2v) is 6.10. The molecule has 0 fully saturated rings. The molecule has 110 valence electrons. The molecule has 1 unspecified atom stereocenters. The first-order chi connectivity index (χ1) is 8.49. The molecule has 0 saturated carbocycles. The Labute approximate surface area is 114 Å². The van der Waals surface area contributed by atoms with Gasteiger partial charge in [0.05, 0.1) is 6.61 Å². The Morgan fingerprint density at radius 3 is 1.83 bits per heavy atom. The minimum atomic E-state index is 0.217. The van der Waals surface area contributed by atoms with Crippen LogP contribution in [0, 0.1) is 11.8 Å². The number of aliphatic hydroxyl groups is 1. The maximum Gasteiger partial charge on any atom is 0.0597 e. The summed E-state index contributed by atoms with van der Waals surface area (Å²) in [7, 11) is 0. The molecule has 0 spiro atoms. The van der Waals surface area contributed by atoms with Crippen LogP contribution >= 0.6 is 0 Å². The normalized spacial score (nSPS) is 13.8. The number of nitrogens with zero attached hydrogens (tertiary/aromatic N) is 1. The summed E-state index contributed by atoms with van der Waals surface area (Å²) < 4.78 is 0. The van der Waals surface area contributed by atoms with Crippen LogP contribution < -0.4 is 5.32 Å². The summed E-state index contributed by atoms with van der Waals surface area (Å²) in [5, 5.41) is 12.7. The average molecular weight is 258 g/mol. The largest absolute Gasteiger partial charge is 0.395 e. The maximum atomic E-state index is 9.37. The lowest BCUT2D eigenvalue weighted by Gasteiger charge is -2.28. The molecule has 0 saturated heterocycles. The molecule has 3 heteroatoms. The fraction of sp³-hybridized carbons (Fsp3) is 1.00. The van der Waals surface area contributed by atoms with Crippen LogP contribution in [0.15, 0.2) is 0 Å². The van der Waals surface area contributed by atoms with Crippen LogP contribution in [-0.2, 0) is 0 Å². The van der Waals surface area contributed by atoms with Gasteiger partial charge in [-0.05, 0) is 44.3 Å². The third-order valence-electron chi connectivity index (χ3n) is 3.24. The Morgan fingerprint density at radius 1 is 1.00 bits per heavy atom. The van der Waals surface area contributed by atoms with Gasteiger partial charge in [0, 0.05) is 12.6 Å². The smallest absolute Gasteiger partial charge is 0.0597 e. The van der Waals surface area contributed by atoms with Crippen molar-refractivity contribution >= 4 is 0 Å². The van der Waals surface area contributed by atoms with Gasteiger partial charge in [-0.2, -0.15) is 0 Å². The molecule has 0 aromatic carbocycles. The molecule has 0 aliphatic carbocycles. The van der Waals surface area contributed by atoms with Crippen LogP contribution in [0.2, 0.25) is 0 Å². The highest BCUT2D eigenvalue weighted by Gasteiger charge is 2.13. The van der Waals surface area contributed by atoms with Crippen molar-refractivity contribution in [2.75, 3.05) is 32.8 Å². The van der Waals surface area contributed by atoms with Gasteiger partial charge >= 0.3 is 0 Å². The SMILES string of the molecule is CCNC(CO)CN(CCC(C)C)CCC(C)C. The van der Waals surface area contributed by atoms with Crippen LogP contribution in [0.5, 0.6) is 0 Å². The summed E-state index contributed by atoms with van der Waals surface area (Å²) in [6.07, 6.45) is 2.48. The molecule has 0 rings (SSSR count). The molecule has 0 amide bonds. The van der Waals surface area contributed by atoms with Crippen molar-refractivity contribution < 1.29 is 5.11 Å². The highest BCUT2D eigenvalue weighted by Crippen LogP contribution is 2.07. The molecule has 3 nitrogen and oxygen atoms in total. The Balaban J connectivity index is 4.16. The third-order valence-corrected chi connectivity index (χ3v) is 3.24. The second kappa shape index (κ2) is 10.8. The summed E-state index contributed by atoms with van der Waals surface area (Å²) in [6.45, 7) is 15.6. The van der Waals surface area contributed by atoms with Crippen molar-refractivity contribution in [3.63, 3.8) is 0 Å². The van der Waals surface area contributed by atoms with E-state index in [1.165, 1.54) is 12.8 Å². The average Bonchev–Trinajstić information content (AvgIpc) is 2.31. The highest BCUT2D eigenvalue weighted by molar-refractivity contribution is 4.71. The summed E-state index contributed by atoms with van der Waals surface area (Å²) in [4.78, 5) is 2.50. The Hall–Kier alpha value is -0.120. The van der Waals surface area contributed by atoms with Gasteiger partial charge in [-0.15, -0.1) is 0 Å². The van der Waals surface area contributed by atoms with Crippen molar-refractivity contribution in [1.82, 2.24) is 10.2 Å². The van der Waals surface area contributed by atoms with Crippen LogP contribution in [-0.4, -0.2) is 48.8 Å². The highest BCUT2D eigenvalue weighted by atomic mass is 16.3. The van der Waals surface area contributed by atoms with Gasteiger partial charge in [-0.3, -0.25) is 0 Å². The van der Waals surface area contributed by atoms with Crippen LogP contribution in [0.1, 0.15) is 47.5 Å². The first-order valence-corrected chi connectivity index (χ1v) is 7.56. The molecule has 18 heavy (non-hydrogen) atoms. The predicted molar refractivity (Wildman–Crippen MR) is 79.9 cm³/mol. The third kappa shape index (κ3) is 9.86. The van der Waals surface area contributed by atoms with Crippen molar-refractivity contribution in [3.8, 4) is 0 Å².